The summed E-state index contributed by atoms with van der Waals surface area (Å²) in [5, 5.41) is 12.6. The molecular weight excluding hydrogens is 253 g/mol. The minimum Gasteiger partial charge on any atom is -0.508 e. The summed E-state index contributed by atoms with van der Waals surface area (Å²) < 4.78 is 13.1. The molecule has 0 heterocycles. The molecule has 0 bridgehead atoms. The van der Waals surface area contributed by atoms with Crippen molar-refractivity contribution in [3.8, 4) is 5.75 Å². The summed E-state index contributed by atoms with van der Waals surface area (Å²) in [6.07, 6.45) is 1.02. The van der Waals surface area contributed by atoms with Gasteiger partial charge in [0.15, 0.2) is 0 Å². The Labute approximate surface area is 119 Å². The van der Waals surface area contributed by atoms with Crippen LogP contribution in [0.25, 0.3) is 0 Å². The van der Waals surface area contributed by atoms with Crippen LogP contribution in [0, 0.1) is 5.82 Å². The smallest absolute Gasteiger partial charge is 0.127 e. The van der Waals surface area contributed by atoms with Crippen LogP contribution < -0.4 is 5.32 Å². The largest absolute Gasteiger partial charge is 0.508 e. The lowest BCUT2D eigenvalue weighted by atomic mass is 9.98. The molecular formula is C17H20FNO. The molecule has 0 aromatic heterocycles. The molecule has 3 heteroatoms. The van der Waals surface area contributed by atoms with Crippen LogP contribution in [0.1, 0.15) is 30.4 Å². The Hall–Kier alpha value is -1.87. The van der Waals surface area contributed by atoms with Crippen LogP contribution in [0.3, 0.4) is 0 Å². The first-order chi connectivity index (χ1) is 9.65. The average Bonchev–Trinajstić information content (AvgIpc) is 2.43. The molecule has 2 nitrogen and oxygen atoms in total. The van der Waals surface area contributed by atoms with Crippen LogP contribution in [0.2, 0.25) is 0 Å². The van der Waals surface area contributed by atoms with E-state index in [0.717, 1.165) is 24.6 Å². The third-order valence-corrected chi connectivity index (χ3v) is 3.39. The molecule has 0 saturated carbocycles. The van der Waals surface area contributed by atoms with Gasteiger partial charge in [0, 0.05) is 12.6 Å². The zero-order valence-corrected chi connectivity index (χ0v) is 11.6. The van der Waals surface area contributed by atoms with Crippen molar-refractivity contribution in [3.05, 3.63) is 65.5 Å². The summed E-state index contributed by atoms with van der Waals surface area (Å²) in [6.45, 7) is 3.62. The lowest BCUT2D eigenvalue weighted by molar-refractivity contribution is 0.467. The number of halogens is 1. The molecule has 0 saturated heterocycles. The predicted molar refractivity (Wildman–Crippen MR) is 79.2 cm³/mol. The maximum Gasteiger partial charge on any atom is 0.127 e. The van der Waals surface area contributed by atoms with Crippen LogP contribution in [-0.4, -0.2) is 11.7 Å². The van der Waals surface area contributed by atoms with Gasteiger partial charge in [0.2, 0.25) is 0 Å². The van der Waals surface area contributed by atoms with Crippen molar-refractivity contribution < 1.29 is 9.50 Å². The molecule has 0 spiro atoms. The molecule has 0 aliphatic heterocycles. The summed E-state index contributed by atoms with van der Waals surface area (Å²) in [7, 11) is 0. The number of hydrogen-bond acceptors (Lipinski definition) is 2. The third-order valence-electron chi connectivity index (χ3n) is 3.39. The van der Waals surface area contributed by atoms with Crippen molar-refractivity contribution in [2.45, 2.75) is 25.8 Å². The lowest BCUT2D eigenvalue weighted by Gasteiger charge is -2.12. The van der Waals surface area contributed by atoms with Crippen LogP contribution in [0.5, 0.6) is 5.75 Å². The maximum atomic E-state index is 13.1. The molecule has 2 N–H and O–H groups in total. The summed E-state index contributed by atoms with van der Waals surface area (Å²) >= 11 is 0. The Morgan fingerprint density at radius 3 is 2.60 bits per heavy atom. The zero-order valence-electron chi connectivity index (χ0n) is 11.6. The van der Waals surface area contributed by atoms with E-state index in [9.17, 15) is 9.50 Å². The number of hydrogen-bond donors (Lipinski definition) is 2. The van der Waals surface area contributed by atoms with Gasteiger partial charge in [-0.25, -0.2) is 4.39 Å². The summed E-state index contributed by atoms with van der Waals surface area (Å²) in [5.41, 5.74) is 2.09. The van der Waals surface area contributed by atoms with Gasteiger partial charge < -0.3 is 10.4 Å². The van der Waals surface area contributed by atoms with Crippen LogP contribution in [-0.2, 0) is 6.54 Å². The molecule has 0 radical (unpaired) electrons. The summed E-state index contributed by atoms with van der Waals surface area (Å²) in [6, 6.07) is 14.5. The first-order valence-electron chi connectivity index (χ1n) is 6.89. The second-order valence-electron chi connectivity index (χ2n) is 5.09. The highest BCUT2D eigenvalue weighted by Crippen LogP contribution is 2.18. The Morgan fingerprint density at radius 2 is 1.90 bits per heavy atom. The van der Waals surface area contributed by atoms with E-state index in [0.29, 0.717) is 12.5 Å². The molecule has 2 rings (SSSR count). The summed E-state index contributed by atoms with van der Waals surface area (Å²) in [4.78, 5) is 0. The Bertz CT molecular complexity index is 522. The highest BCUT2D eigenvalue weighted by Gasteiger charge is 2.04. The van der Waals surface area contributed by atoms with Gasteiger partial charge in [0.1, 0.15) is 11.6 Å². The minimum atomic E-state index is -0.403. The molecule has 0 aliphatic rings. The zero-order chi connectivity index (χ0) is 14.4. The van der Waals surface area contributed by atoms with Gasteiger partial charge in [-0.1, -0.05) is 37.3 Å². The maximum absolute atomic E-state index is 13.1. The first kappa shape index (κ1) is 14.5. The predicted octanol–water partition coefficient (Wildman–Crippen LogP) is 3.81. The van der Waals surface area contributed by atoms with Crippen LogP contribution in [0.4, 0.5) is 4.39 Å². The second-order valence-corrected chi connectivity index (χ2v) is 5.09. The number of phenolic OH excluding ortho intramolecular Hbond substituents is 1. The molecule has 0 fully saturated rings. The Kier molecular flexibility index (Phi) is 5.13. The minimum absolute atomic E-state index is 0.0283. The first-order valence-corrected chi connectivity index (χ1v) is 6.89. The van der Waals surface area contributed by atoms with E-state index in [4.69, 9.17) is 0 Å². The standard InChI is InChI=1S/C17H20FNO/c1-13(15-5-3-2-4-6-15)7-8-19-12-14-9-16(18)11-17(20)10-14/h2-6,9-11,13,19-20H,7-8,12H2,1H3. The van der Waals surface area contributed by atoms with Gasteiger partial charge >= 0.3 is 0 Å². The number of benzene rings is 2. The quantitative estimate of drug-likeness (QED) is 0.784. The van der Waals surface area contributed by atoms with Gasteiger partial charge in [0.25, 0.3) is 0 Å². The van der Waals surface area contributed by atoms with E-state index in [1.54, 1.807) is 6.07 Å². The van der Waals surface area contributed by atoms with Crippen molar-refractivity contribution in [2.24, 2.45) is 0 Å². The average molecular weight is 273 g/mol. The van der Waals surface area contributed by atoms with Gasteiger partial charge in [-0.15, -0.1) is 0 Å². The van der Waals surface area contributed by atoms with Gasteiger partial charge in [0.05, 0.1) is 0 Å². The number of aromatic hydroxyl groups is 1. The van der Waals surface area contributed by atoms with E-state index >= 15 is 0 Å². The molecule has 2 aromatic carbocycles. The molecule has 20 heavy (non-hydrogen) atoms. The fourth-order valence-corrected chi connectivity index (χ4v) is 2.23. The highest BCUT2D eigenvalue weighted by molar-refractivity contribution is 5.28. The van der Waals surface area contributed by atoms with Crippen molar-refractivity contribution in [2.75, 3.05) is 6.54 Å². The fraction of sp³-hybridized carbons (Fsp3) is 0.294. The van der Waals surface area contributed by atoms with E-state index in [2.05, 4.69) is 36.5 Å². The van der Waals surface area contributed by atoms with Crippen LogP contribution in [0.15, 0.2) is 48.5 Å². The SMILES string of the molecule is CC(CCNCc1cc(O)cc(F)c1)c1ccccc1. The van der Waals surface area contributed by atoms with Crippen molar-refractivity contribution >= 4 is 0 Å². The van der Waals surface area contributed by atoms with E-state index in [1.165, 1.54) is 11.6 Å². The van der Waals surface area contributed by atoms with Crippen LogP contribution >= 0.6 is 0 Å². The second kappa shape index (κ2) is 7.06. The third kappa shape index (κ3) is 4.35. The number of rotatable bonds is 6. The molecule has 1 unspecified atom stereocenters. The van der Waals surface area contributed by atoms with Crippen molar-refractivity contribution in [1.82, 2.24) is 5.32 Å². The molecule has 1 atom stereocenters. The summed E-state index contributed by atoms with van der Waals surface area (Å²) in [5.74, 6) is 0.0588. The van der Waals surface area contributed by atoms with E-state index in [-0.39, 0.29) is 5.75 Å². The van der Waals surface area contributed by atoms with Crippen molar-refractivity contribution in [1.29, 1.82) is 0 Å². The van der Waals surface area contributed by atoms with Gasteiger partial charge in [-0.2, -0.15) is 0 Å². The molecule has 0 amide bonds. The van der Waals surface area contributed by atoms with Gasteiger partial charge in [-0.3, -0.25) is 0 Å². The van der Waals surface area contributed by atoms with Crippen molar-refractivity contribution in [3.63, 3.8) is 0 Å². The van der Waals surface area contributed by atoms with E-state index in [1.807, 2.05) is 6.07 Å². The molecule has 106 valence electrons. The fourth-order valence-electron chi connectivity index (χ4n) is 2.23. The Balaban J connectivity index is 1.76. The topological polar surface area (TPSA) is 32.3 Å². The number of nitrogens with one attached hydrogen (secondary N) is 1. The number of phenols is 1. The lowest BCUT2D eigenvalue weighted by Crippen LogP contribution is -2.16. The normalized spacial score (nSPS) is 12.3. The monoisotopic (exact) mass is 273 g/mol. The van der Waals surface area contributed by atoms with Gasteiger partial charge in [-0.05, 0) is 42.1 Å². The Morgan fingerprint density at radius 1 is 1.15 bits per heavy atom. The molecule has 0 aliphatic carbocycles. The molecule has 2 aromatic rings. The van der Waals surface area contributed by atoms with E-state index < -0.39 is 5.82 Å². The highest BCUT2D eigenvalue weighted by atomic mass is 19.1.